The highest BCUT2D eigenvalue weighted by Crippen LogP contribution is 2.32. The molecule has 1 heterocycles. The molecule has 0 aromatic heterocycles. The van der Waals surface area contributed by atoms with Crippen molar-refractivity contribution in [2.24, 2.45) is 0 Å². The fourth-order valence-electron chi connectivity index (χ4n) is 3.02. The Hall–Kier alpha value is -1.07. The van der Waals surface area contributed by atoms with E-state index in [4.69, 9.17) is 4.74 Å². The summed E-state index contributed by atoms with van der Waals surface area (Å²) in [6.45, 7) is 6.94. The van der Waals surface area contributed by atoms with Crippen molar-refractivity contribution in [2.75, 3.05) is 20.2 Å². The summed E-state index contributed by atoms with van der Waals surface area (Å²) in [7, 11) is -1.79. The summed E-state index contributed by atoms with van der Waals surface area (Å²) in [5.74, 6) is 0.780. The Morgan fingerprint density at radius 3 is 2.10 bits per heavy atom. The maximum absolute atomic E-state index is 13.0. The summed E-state index contributed by atoms with van der Waals surface area (Å²) >= 11 is 0. The molecule has 118 valence electrons. The van der Waals surface area contributed by atoms with Gasteiger partial charge in [-0.15, -0.1) is 0 Å². The van der Waals surface area contributed by atoms with Crippen molar-refractivity contribution in [3.8, 4) is 5.75 Å². The molecule has 0 bridgehead atoms. The number of aryl methyl sites for hydroxylation is 1. The molecule has 2 rings (SSSR count). The number of methoxy groups -OCH3 is 1. The molecule has 0 spiro atoms. The molecular formula is C16H25NO3S. The van der Waals surface area contributed by atoms with Gasteiger partial charge in [-0.3, -0.25) is 0 Å². The normalized spacial score (nSPS) is 17.5. The largest absolute Gasteiger partial charge is 0.496 e. The molecule has 1 saturated heterocycles. The van der Waals surface area contributed by atoms with Crippen LogP contribution in [0.15, 0.2) is 11.0 Å². The first kappa shape index (κ1) is 16.3. The molecule has 0 N–H and O–H groups in total. The number of benzene rings is 1. The lowest BCUT2D eigenvalue weighted by molar-refractivity contribution is 0.406. The van der Waals surface area contributed by atoms with Crippen molar-refractivity contribution in [1.29, 1.82) is 0 Å². The summed E-state index contributed by atoms with van der Waals surface area (Å²) in [4.78, 5) is 0.431. The lowest BCUT2D eigenvalue weighted by Gasteiger charge is -2.23. The second-order valence-corrected chi connectivity index (χ2v) is 7.70. The van der Waals surface area contributed by atoms with Crippen LogP contribution in [0.2, 0.25) is 0 Å². The van der Waals surface area contributed by atoms with Crippen LogP contribution < -0.4 is 4.74 Å². The molecule has 21 heavy (non-hydrogen) atoms. The predicted molar refractivity (Wildman–Crippen MR) is 84.4 cm³/mol. The van der Waals surface area contributed by atoms with Crippen molar-refractivity contribution < 1.29 is 13.2 Å². The van der Waals surface area contributed by atoms with E-state index < -0.39 is 10.0 Å². The summed E-state index contributed by atoms with van der Waals surface area (Å²) in [6, 6.07) is 1.75. The Labute approximate surface area is 128 Å². The van der Waals surface area contributed by atoms with E-state index in [2.05, 4.69) is 0 Å². The quantitative estimate of drug-likeness (QED) is 0.861. The number of ether oxygens (including phenoxy) is 1. The standard InChI is InChI=1S/C16H25NO3S/c1-12-11-15(13(2)14(3)16(12)20-4)21(18,19)17-9-7-5-6-8-10-17/h11H,5-10H2,1-4H3. The zero-order valence-electron chi connectivity index (χ0n) is 13.4. The third kappa shape index (κ3) is 3.09. The smallest absolute Gasteiger partial charge is 0.243 e. The van der Waals surface area contributed by atoms with Crippen molar-refractivity contribution in [2.45, 2.75) is 51.3 Å². The topological polar surface area (TPSA) is 46.6 Å². The number of sulfonamides is 1. The third-order valence-electron chi connectivity index (χ3n) is 4.37. The molecule has 1 aliphatic heterocycles. The van der Waals surface area contributed by atoms with Gasteiger partial charge in [0.15, 0.2) is 0 Å². The van der Waals surface area contributed by atoms with E-state index in [0.29, 0.717) is 18.0 Å². The molecule has 1 aliphatic rings. The lowest BCUT2D eigenvalue weighted by Crippen LogP contribution is -2.32. The van der Waals surface area contributed by atoms with Crippen molar-refractivity contribution in [3.05, 3.63) is 22.8 Å². The summed E-state index contributed by atoms with van der Waals surface area (Å²) in [5.41, 5.74) is 2.57. The van der Waals surface area contributed by atoms with Crippen molar-refractivity contribution in [3.63, 3.8) is 0 Å². The van der Waals surface area contributed by atoms with E-state index in [-0.39, 0.29) is 0 Å². The lowest BCUT2D eigenvalue weighted by atomic mass is 10.1. The highest BCUT2D eigenvalue weighted by atomic mass is 32.2. The fraction of sp³-hybridized carbons (Fsp3) is 0.625. The van der Waals surface area contributed by atoms with Gasteiger partial charge in [-0.2, -0.15) is 4.31 Å². The van der Waals surface area contributed by atoms with E-state index in [1.54, 1.807) is 17.5 Å². The minimum Gasteiger partial charge on any atom is -0.496 e. The van der Waals surface area contributed by atoms with E-state index in [1.165, 1.54) is 0 Å². The van der Waals surface area contributed by atoms with Gasteiger partial charge < -0.3 is 4.74 Å². The summed E-state index contributed by atoms with van der Waals surface area (Å²) < 4.78 is 32.9. The Kier molecular flexibility index (Phi) is 4.94. The van der Waals surface area contributed by atoms with Gasteiger partial charge in [-0.1, -0.05) is 12.8 Å². The van der Waals surface area contributed by atoms with Gasteiger partial charge in [-0.25, -0.2) is 8.42 Å². The summed E-state index contributed by atoms with van der Waals surface area (Å²) in [5, 5.41) is 0. The van der Waals surface area contributed by atoms with E-state index >= 15 is 0 Å². The monoisotopic (exact) mass is 311 g/mol. The zero-order chi connectivity index (χ0) is 15.6. The molecule has 0 amide bonds. The first-order valence-electron chi connectivity index (χ1n) is 7.54. The molecule has 5 heteroatoms. The molecule has 0 radical (unpaired) electrons. The van der Waals surface area contributed by atoms with E-state index in [9.17, 15) is 8.42 Å². The SMILES string of the molecule is COc1c(C)cc(S(=O)(=O)N2CCCCCC2)c(C)c1C. The van der Waals surface area contributed by atoms with Crippen LogP contribution in [0.25, 0.3) is 0 Å². The van der Waals surface area contributed by atoms with Gasteiger partial charge in [0, 0.05) is 13.1 Å². The van der Waals surface area contributed by atoms with Gasteiger partial charge in [-0.05, 0) is 56.4 Å². The van der Waals surface area contributed by atoms with Gasteiger partial charge in [0.1, 0.15) is 5.75 Å². The zero-order valence-corrected chi connectivity index (χ0v) is 14.2. The fourth-order valence-corrected chi connectivity index (χ4v) is 4.91. The molecule has 0 aliphatic carbocycles. The minimum absolute atomic E-state index is 0.431. The van der Waals surface area contributed by atoms with Crippen LogP contribution in [-0.2, 0) is 10.0 Å². The third-order valence-corrected chi connectivity index (χ3v) is 6.39. The first-order chi connectivity index (χ1) is 9.89. The molecule has 1 aromatic rings. The van der Waals surface area contributed by atoms with Crippen LogP contribution in [-0.4, -0.2) is 32.9 Å². The second-order valence-electron chi connectivity index (χ2n) is 5.79. The maximum atomic E-state index is 13.0. The van der Waals surface area contributed by atoms with Gasteiger partial charge >= 0.3 is 0 Å². The van der Waals surface area contributed by atoms with Crippen molar-refractivity contribution in [1.82, 2.24) is 4.31 Å². The van der Waals surface area contributed by atoms with Crippen LogP contribution in [0, 0.1) is 20.8 Å². The van der Waals surface area contributed by atoms with E-state index in [1.807, 2.05) is 20.8 Å². The Balaban J connectivity index is 2.49. The summed E-state index contributed by atoms with van der Waals surface area (Å²) in [6.07, 6.45) is 4.14. The number of nitrogens with zero attached hydrogens (tertiary/aromatic N) is 1. The highest BCUT2D eigenvalue weighted by Gasteiger charge is 2.28. The molecule has 1 fully saturated rings. The average Bonchev–Trinajstić information content (AvgIpc) is 2.72. The Bertz CT molecular complexity index is 615. The van der Waals surface area contributed by atoms with Crippen molar-refractivity contribution >= 4 is 10.0 Å². The van der Waals surface area contributed by atoms with Crippen LogP contribution >= 0.6 is 0 Å². The number of hydrogen-bond donors (Lipinski definition) is 0. The number of rotatable bonds is 3. The molecular weight excluding hydrogens is 286 g/mol. The van der Waals surface area contributed by atoms with Crippen LogP contribution in [0.5, 0.6) is 5.75 Å². The molecule has 0 saturated carbocycles. The average molecular weight is 311 g/mol. The van der Waals surface area contributed by atoms with Crippen LogP contribution in [0.3, 0.4) is 0 Å². The first-order valence-corrected chi connectivity index (χ1v) is 8.98. The van der Waals surface area contributed by atoms with Gasteiger partial charge in [0.2, 0.25) is 10.0 Å². The Morgan fingerprint density at radius 2 is 1.57 bits per heavy atom. The second kappa shape index (κ2) is 6.36. The number of hydrogen-bond acceptors (Lipinski definition) is 3. The van der Waals surface area contributed by atoms with Crippen LogP contribution in [0.1, 0.15) is 42.4 Å². The maximum Gasteiger partial charge on any atom is 0.243 e. The molecule has 1 aromatic carbocycles. The van der Waals surface area contributed by atoms with Gasteiger partial charge in [0.25, 0.3) is 0 Å². The predicted octanol–water partition coefficient (Wildman–Crippen LogP) is 3.19. The Morgan fingerprint density at radius 1 is 1.00 bits per heavy atom. The van der Waals surface area contributed by atoms with E-state index in [0.717, 1.165) is 48.1 Å². The molecule has 4 nitrogen and oxygen atoms in total. The molecule has 0 atom stereocenters. The molecule has 0 unspecified atom stereocenters. The highest BCUT2D eigenvalue weighted by molar-refractivity contribution is 7.89. The van der Waals surface area contributed by atoms with Gasteiger partial charge in [0.05, 0.1) is 12.0 Å². The van der Waals surface area contributed by atoms with Crippen LogP contribution in [0.4, 0.5) is 0 Å². The minimum atomic E-state index is -3.41.